The van der Waals surface area contributed by atoms with Gasteiger partial charge in [0.05, 0.1) is 5.41 Å². The van der Waals surface area contributed by atoms with Crippen molar-refractivity contribution < 1.29 is 8.94 Å². The predicted octanol–water partition coefficient (Wildman–Crippen LogP) is 2.73. The molecule has 0 aromatic carbocycles. The van der Waals surface area contributed by atoms with E-state index in [2.05, 4.69) is 31.4 Å². The molecule has 0 unspecified atom stereocenters. The molecular formula is C13H14BrN3O2. The van der Waals surface area contributed by atoms with Crippen molar-refractivity contribution in [3.63, 3.8) is 0 Å². The second-order valence-electron chi connectivity index (χ2n) is 5.40. The molecule has 6 heteroatoms. The molecule has 100 valence electrons. The van der Waals surface area contributed by atoms with Crippen LogP contribution in [0.2, 0.25) is 0 Å². The van der Waals surface area contributed by atoms with Gasteiger partial charge in [0, 0.05) is 6.54 Å². The van der Waals surface area contributed by atoms with Crippen LogP contribution in [-0.4, -0.2) is 23.2 Å². The van der Waals surface area contributed by atoms with Gasteiger partial charge in [0.25, 0.3) is 0 Å². The van der Waals surface area contributed by atoms with Crippen LogP contribution in [0.3, 0.4) is 0 Å². The molecule has 0 amide bonds. The van der Waals surface area contributed by atoms with Crippen molar-refractivity contribution in [1.29, 1.82) is 0 Å². The van der Waals surface area contributed by atoms with E-state index in [-0.39, 0.29) is 5.41 Å². The second-order valence-corrected chi connectivity index (χ2v) is 6.18. The fraction of sp³-hybridized carbons (Fsp3) is 0.538. The molecule has 1 saturated heterocycles. The second kappa shape index (κ2) is 4.18. The third-order valence-electron chi connectivity index (χ3n) is 4.43. The van der Waals surface area contributed by atoms with Gasteiger partial charge in [-0.3, -0.25) is 0 Å². The Bertz CT molecular complexity index is 597. The van der Waals surface area contributed by atoms with Crippen LogP contribution in [0.5, 0.6) is 0 Å². The first-order valence-electron chi connectivity index (χ1n) is 6.58. The fourth-order valence-corrected chi connectivity index (χ4v) is 3.77. The zero-order valence-electron chi connectivity index (χ0n) is 10.4. The summed E-state index contributed by atoms with van der Waals surface area (Å²) in [4.78, 5) is 4.58. The van der Waals surface area contributed by atoms with Crippen LogP contribution in [0.25, 0.3) is 11.6 Å². The average Bonchev–Trinajstić information content (AvgIpc) is 3.10. The summed E-state index contributed by atoms with van der Waals surface area (Å²) in [5, 5.41) is 7.53. The zero-order chi connectivity index (χ0) is 12.9. The molecule has 19 heavy (non-hydrogen) atoms. The van der Waals surface area contributed by atoms with E-state index < -0.39 is 0 Å². The van der Waals surface area contributed by atoms with Crippen LogP contribution in [0.4, 0.5) is 0 Å². The summed E-state index contributed by atoms with van der Waals surface area (Å²) < 4.78 is 11.7. The highest BCUT2D eigenvalue weighted by Crippen LogP contribution is 2.47. The van der Waals surface area contributed by atoms with Crippen molar-refractivity contribution in [3.05, 3.63) is 22.7 Å². The maximum Gasteiger partial charge on any atom is 0.238 e. The topological polar surface area (TPSA) is 64.1 Å². The summed E-state index contributed by atoms with van der Waals surface area (Å²) in [6.07, 6.45) is 3.63. The smallest absolute Gasteiger partial charge is 0.238 e. The van der Waals surface area contributed by atoms with Crippen molar-refractivity contribution in [1.82, 2.24) is 15.5 Å². The minimum atomic E-state index is 0.0507. The summed E-state index contributed by atoms with van der Waals surface area (Å²) >= 11 is 3.28. The Labute approximate surface area is 118 Å². The number of furan rings is 1. The summed E-state index contributed by atoms with van der Waals surface area (Å²) in [6.45, 7) is 2.01. The van der Waals surface area contributed by atoms with E-state index in [0.717, 1.165) is 25.4 Å². The Morgan fingerprint density at radius 1 is 1.42 bits per heavy atom. The lowest BCUT2D eigenvalue weighted by Crippen LogP contribution is -2.31. The Morgan fingerprint density at radius 2 is 2.37 bits per heavy atom. The SMILES string of the molecule is Brc1ccc(-c2noc([C@@]34CCC[C@@H]3CNC4)n2)o1. The van der Waals surface area contributed by atoms with Crippen molar-refractivity contribution in [2.24, 2.45) is 5.92 Å². The van der Waals surface area contributed by atoms with Crippen LogP contribution in [0, 0.1) is 5.92 Å². The minimum Gasteiger partial charge on any atom is -0.446 e. The Kier molecular flexibility index (Phi) is 2.57. The first-order valence-corrected chi connectivity index (χ1v) is 7.38. The maximum absolute atomic E-state index is 5.54. The molecule has 4 rings (SSSR count). The number of fused-ring (bicyclic) bond motifs is 1. The van der Waals surface area contributed by atoms with E-state index >= 15 is 0 Å². The molecule has 3 heterocycles. The van der Waals surface area contributed by atoms with Crippen LogP contribution in [0.1, 0.15) is 25.2 Å². The van der Waals surface area contributed by atoms with Gasteiger partial charge in [-0.25, -0.2) is 0 Å². The van der Waals surface area contributed by atoms with Crippen molar-refractivity contribution in [2.45, 2.75) is 24.7 Å². The van der Waals surface area contributed by atoms with Gasteiger partial charge < -0.3 is 14.3 Å². The lowest BCUT2D eigenvalue weighted by Gasteiger charge is -2.22. The summed E-state index contributed by atoms with van der Waals surface area (Å²) in [6, 6.07) is 3.68. The number of halogens is 1. The van der Waals surface area contributed by atoms with Gasteiger partial charge in [-0.15, -0.1) is 0 Å². The van der Waals surface area contributed by atoms with Crippen LogP contribution in [0.15, 0.2) is 25.7 Å². The van der Waals surface area contributed by atoms with E-state index in [1.807, 2.05) is 12.1 Å². The number of nitrogens with one attached hydrogen (secondary N) is 1. The monoisotopic (exact) mass is 323 g/mol. The molecule has 0 radical (unpaired) electrons. The number of hydrogen-bond donors (Lipinski definition) is 1. The van der Waals surface area contributed by atoms with E-state index in [9.17, 15) is 0 Å². The quantitative estimate of drug-likeness (QED) is 0.920. The average molecular weight is 324 g/mol. The first kappa shape index (κ1) is 11.7. The molecule has 1 aliphatic heterocycles. The number of hydrogen-bond acceptors (Lipinski definition) is 5. The summed E-state index contributed by atoms with van der Waals surface area (Å²) in [7, 11) is 0. The van der Waals surface area contributed by atoms with Gasteiger partial charge in [-0.1, -0.05) is 11.6 Å². The van der Waals surface area contributed by atoms with Gasteiger partial charge in [-0.2, -0.15) is 4.98 Å². The van der Waals surface area contributed by atoms with Gasteiger partial charge in [0.1, 0.15) is 0 Å². The Morgan fingerprint density at radius 3 is 3.21 bits per heavy atom. The maximum atomic E-state index is 5.54. The molecule has 1 saturated carbocycles. The van der Waals surface area contributed by atoms with Crippen molar-refractivity contribution in [2.75, 3.05) is 13.1 Å². The van der Waals surface area contributed by atoms with Crippen LogP contribution < -0.4 is 5.32 Å². The van der Waals surface area contributed by atoms with Gasteiger partial charge in [0.2, 0.25) is 11.7 Å². The highest BCUT2D eigenvalue weighted by atomic mass is 79.9. The highest BCUT2D eigenvalue weighted by Gasteiger charge is 2.51. The lowest BCUT2D eigenvalue weighted by molar-refractivity contribution is 0.265. The number of nitrogens with zero attached hydrogens (tertiary/aromatic N) is 2. The normalized spacial score (nSPS) is 29.8. The third-order valence-corrected chi connectivity index (χ3v) is 4.86. The lowest BCUT2D eigenvalue weighted by atomic mass is 9.80. The highest BCUT2D eigenvalue weighted by molar-refractivity contribution is 9.10. The largest absolute Gasteiger partial charge is 0.446 e. The Balaban J connectivity index is 1.71. The summed E-state index contributed by atoms with van der Waals surface area (Å²) in [5.74, 6) is 2.57. The van der Waals surface area contributed by atoms with Gasteiger partial charge in [-0.05, 0) is 53.4 Å². The molecule has 0 bridgehead atoms. The summed E-state index contributed by atoms with van der Waals surface area (Å²) in [5.41, 5.74) is 0.0507. The molecule has 2 fully saturated rings. The van der Waals surface area contributed by atoms with E-state index in [0.29, 0.717) is 22.2 Å². The molecule has 2 aliphatic rings. The molecule has 2 aromatic heterocycles. The predicted molar refractivity (Wildman–Crippen MR) is 71.6 cm³/mol. The van der Waals surface area contributed by atoms with E-state index in [1.54, 1.807) is 0 Å². The van der Waals surface area contributed by atoms with Crippen LogP contribution in [-0.2, 0) is 5.41 Å². The molecule has 0 spiro atoms. The van der Waals surface area contributed by atoms with E-state index in [1.165, 1.54) is 12.8 Å². The van der Waals surface area contributed by atoms with Crippen molar-refractivity contribution in [3.8, 4) is 11.6 Å². The molecular weight excluding hydrogens is 310 g/mol. The van der Waals surface area contributed by atoms with Crippen LogP contribution >= 0.6 is 15.9 Å². The number of aromatic nitrogens is 2. The van der Waals surface area contributed by atoms with Gasteiger partial charge >= 0.3 is 0 Å². The molecule has 2 atom stereocenters. The third kappa shape index (κ3) is 1.70. The fourth-order valence-electron chi connectivity index (χ4n) is 3.46. The minimum absolute atomic E-state index is 0.0507. The van der Waals surface area contributed by atoms with Crippen molar-refractivity contribution >= 4 is 15.9 Å². The first-order chi connectivity index (χ1) is 9.28. The standard InChI is InChI=1S/C13H14BrN3O2/c14-10-4-3-9(18-10)11-16-12(19-17-11)13-5-1-2-8(13)6-15-7-13/h3-4,8,15H,1-2,5-7H2/t8-,13-/m1/s1. The molecule has 1 N–H and O–H groups in total. The van der Waals surface area contributed by atoms with Gasteiger partial charge in [0.15, 0.2) is 10.4 Å². The molecule has 5 nitrogen and oxygen atoms in total. The zero-order valence-corrected chi connectivity index (χ0v) is 11.9. The molecule has 2 aromatic rings. The van der Waals surface area contributed by atoms with E-state index in [4.69, 9.17) is 8.94 Å². The number of rotatable bonds is 2. The molecule has 1 aliphatic carbocycles. The Hall–Kier alpha value is -1.14.